The second kappa shape index (κ2) is 5.48. The average molecular weight is 291 g/mol. The molecule has 116 valence electrons. The van der Waals surface area contributed by atoms with E-state index >= 15 is 0 Å². The van der Waals surface area contributed by atoms with Gasteiger partial charge in [-0.3, -0.25) is 0 Å². The van der Waals surface area contributed by atoms with Crippen LogP contribution in [-0.2, 0) is 4.74 Å². The molecule has 2 nitrogen and oxygen atoms in total. The normalized spacial score (nSPS) is 36.1. The van der Waals surface area contributed by atoms with Crippen molar-refractivity contribution in [3.8, 4) is 0 Å². The van der Waals surface area contributed by atoms with Gasteiger partial charge in [0.05, 0.1) is 0 Å². The maximum Gasteiger partial charge on any atom is 0.411 e. The SMILES string of the molecule is FC(F)(F)COCCCC1(CNC2CC2)CC2CC2C1. The molecule has 3 aliphatic rings. The fourth-order valence-corrected chi connectivity index (χ4v) is 3.83. The molecule has 0 heterocycles. The Morgan fingerprint density at radius 2 is 1.85 bits per heavy atom. The number of hydrogen-bond donors (Lipinski definition) is 1. The van der Waals surface area contributed by atoms with E-state index < -0.39 is 12.8 Å². The van der Waals surface area contributed by atoms with Gasteiger partial charge >= 0.3 is 6.18 Å². The molecule has 0 aromatic rings. The molecule has 2 unspecified atom stereocenters. The number of ether oxygens (including phenoxy) is 1. The standard InChI is InChI=1S/C15H24F3NO/c16-15(17,18)10-20-5-1-4-14(9-19-13-2-3-13)7-11-6-12(11)8-14/h11-13,19H,1-10H2. The zero-order valence-electron chi connectivity index (χ0n) is 11.8. The molecule has 20 heavy (non-hydrogen) atoms. The van der Waals surface area contributed by atoms with E-state index in [0.29, 0.717) is 11.5 Å². The maximum atomic E-state index is 12.0. The fraction of sp³-hybridized carbons (Fsp3) is 1.00. The van der Waals surface area contributed by atoms with E-state index in [-0.39, 0.29) is 6.61 Å². The Bertz CT molecular complexity index is 331. The smallest absolute Gasteiger partial charge is 0.372 e. The van der Waals surface area contributed by atoms with Crippen LogP contribution in [0.2, 0.25) is 0 Å². The summed E-state index contributed by atoms with van der Waals surface area (Å²) in [6.07, 6.45) is 4.08. The van der Waals surface area contributed by atoms with Crippen molar-refractivity contribution in [1.82, 2.24) is 5.32 Å². The van der Waals surface area contributed by atoms with Crippen molar-refractivity contribution < 1.29 is 17.9 Å². The van der Waals surface area contributed by atoms with Gasteiger partial charge in [-0.2, -0.15) is 13.2 Å². The van der Waals surface area contributed by atoms with E-state index in [1.807, 2.05) is 0 Å². The van der Waals surface area contributed by atoms with Crippen molar-refractivity contribution >= 4 is 0 Å². The summed E-state index contributed by atoms with van der Waals surface area (Å²) in [6.45, 7) is 0.190. The minimum absolute atomic E-state index is 0.236. The first-order chi connectivity index (χ1) is 9.46. The molecule has 0 aromatic carbocycles. The van der Waals surface area contributed by atoms with Gasteiger partial charge in [0.1, 0.15) is 6.61 Å². The number of fused-ring (bicyclic) bond motifs is 1. The Morgan fingerprint density at radius 1 is 1.15 bits per heavy atom. The molecule has 0 bridgehead atoms. The summed E-state index contributed by atoms with van der Waals surface area (Å²) in [4.78, 5) is 0. The zero-order valence-corrected chi connectivity index (χ0v) is 11.8. The summed E-state index contributed by atoms with van der Waals surface area (Å²) in [5.74, 6) is 1.82. The molecule has 3 fully saturated rings. The largest absolute Gasteiger partial charge is 0.411 e. The maximum absolute atomic E-state index is 12.0. The van der Waals surface area contributed by atoms with Crippen molar-refractivity contribution in [2.75, 3.05) is 19.8 Å². The van der Waals surface area contributed by atoms with E-state index in [0.717, 1.165) is 31.2 Å². The molecule has 3 rings (SSSR count). The lowest BCUT2D eigenvalue weighted by Crippen LogP contribution is -2.35. The molecule has 3 aliphatic carbocycles. The summed E-state index contributed by atoms with van der Waals surface area (Å²) >= 11 is 0. The van der Waals surface area contributed by atoms with Crippen LogP contribution in [0.4, 0.5) is 13.2 Å². The average Bonchev–Trinajstić information content (AvgIpc) is 3.26. The summed E-state index contributed by atoms with van der Waals surface area (Å²) in [5.41, 5.74) is 0.345. The Labute approximate surface area is 118 Å². The first-order valence-electron chi connectivity index (χ1n) is 7.84. The molecule has 0 aromatic heterocycles. The highest BCUT2D eigenvalue weighted by Gasteiger charge is 2.53. The van der Waals surface area contributed by atoms with Gasteiger partial charge in [0.25, 0.3) is 0 Å². The zero-order chi connectivity index (χ0) is 14.2. The van der Waals surface area contributed by atoms with E-state index in [4.69, 9.17) is 4.74 Å². The van der Waals surface area contributed by atoms with Crippen LogP contribution in [0, 0.1) is 17.3 Å². The highest BCUT2D eigenvalue weighted by atomic mass is 19.4. The van der Waals surface area contributed by atoms with Crippen molar-refractivity contribution in [2.24, 2.45) is 17.3 Å². The third-order valence-corrected chi connectivity index (χ3v) is 5.06. The molecule has 5 heteroatoms. The lowest BCUT2D eigenvalue weighted by molar-refractivity contribution is -0.174. The molecule has 0 amide bonds. The van der Waals surface area contributed by atoms with E-state index in [1.165, 1.54) is 32.1 Å². The van der Waals surface area contributed by atoms with E-state index in [9.17, 15) is 13.2 Å². The van der Waals surface area contributed by atoms with Crippen molar-refractivity contribution in [3.63, 3.8) is 0 Å². The highest BCUT2D eigenvalue weighted by Crippen LogP contribution is 2.61. The molecule has 0 aliphatic heterocycles. The lowest BCUT2D eigenvalue weighted by atomic mass is 9.78. The summed E-state index contributed by atoms with van der Waals surface area (Å²) in [7, 11) is 0. The topological polar surface area (TPSA) is 21.3 Å². The third-order valence-electron chi connectivity index (χ3n) is 5.06. The Hall–Kier alpha value is -0.290. The van der Waals surface area contributed by atoms with Gasteiger partial charge in [-0.1, -0.05) is 0 Å². The summed E-state index contributed by atoms with van der Waals surface area (Å²) < 4.78 is 40.7. The van der Waals surface area contributed by atoms with Gasteiger partial charge in [-0.05, 0) is 62.2 Å². The fourth-order valence-electron chi connectivity index (χ4n) is 3.83. The van der Waals surface area contributed by atoms with Crippen LogP contribution in [0.5, 0.6) is 0 Å². The monoisotopic (exact) mass is 291 g/mol. The van der Waals surface area contributed by atoms with Gasteiger partial charge in [0, 0.05) is 19.2 Å². The van der Waals surface area contributed by atoms with E-state index in [2.05, 4.69) is 5.32 Å². The van der Waals surface area contributed by atoms with Crippen LogP contribution in [0.1, 0.15) is 44.9 Å². The van der Waals surface area contributed by atoms with Gasteiger partial charge < -0.3 is 10.1 Å². The molecule has 0 saturated heterocycles. The minimum atomic E-state index is -4.19. The number of rotatable bonds is 8. The second-order valence-electron chi connectivity index (χ2n) is 7.09. The predicted octanol–water partition coefficient (Wildman–Crippen LogP) is 3.51. The number of nitrogens with one attached hydrogen (secondary N) is 1. The van der Waals surface area contributed by atoms with Crippen molar-refractivity contribution in [3.05, 3.63) is 0 Å². The lowest BCUT2D eigenvalue weighted by Gasteiger charge is -2.31. The molecule has 2 atom stereocenters. The Kier molecular flexibility index (Phi) is 4.01. The van der Waals surface area contributed by atoms with Crippen LogP contribution < -0.4 is 5.32 Å². The van der Waals surface area contributed by atoms with Crippen LogP contribution in [0.3, 0.4) is 0 Å². The molecule has 0 radical (unpaired) electrons. The molecular weight excluding hydrogens is 267 g/mol. The highest BCUT2D eigenvalue weighted by molar-refractivity contribution is 5.04. The van der Waals surface area contributed by atoms with Gasteiger partial charge in [-0.15, -0.1) is 0 Å². The molecule has 1 N–H and O–H groups in total. The third kappa shape index (κ3) is 4.10. The van der Waals surface area contributed by atoms with Gasteiger partial charge in [0.2, 0.25) is 0 Å². The second-order valence-corrected chi connectivity index (χ2v) is 7.09. The Morgan fingerprint density at radius 3 is 2.45 bits per heavy atom. The first-order valence-corrected chi connectivity index (χ1v) is 7.84. The predicted molar refractivity (Wildman–Crippen MR) is 70.4 cm³/mol. The number of halogens is 3. The minimum Gasteiger partial charge on any atom is -0.372 e. The molecule has 3 saturated carbocycles. The van der Waals surface area contributed by atoms with Crippen molar-refractivity contribution in [1.29, 1.82) is 0 Å². The van der Waals surface area contributed by atoms with Crippen LogP contribution in [-0.4, -0.2) is 32.0 Å². The quantitative estimate of drug-likeness (QED) is 0.691. The van der Waals surface area contributed by atoms with Crippen LogP contribution >= 0.6 is 0 Å². The van der Waals surface area contributed by atoms with E-state index in [1.54, 1.807) is 0 Å². The summed E-state index contributed by atoms with van der Waals surface area (Å²) in [5, 5.41) is 3.62. The molecular formula is C15H24F3NO. The van der Waals surface area contributed by atoms with Crippen LogP contribution in [0.15, 0.2) is 0 Å². The molecule has 0 spiro atoms. The number of alkyl halides is 3. The first kappa shape index (κ1) is 14.6. The van der Waals surface area contributed by atoms with Crippen LogP contribution in [0.25, 0.3) is 0 Å². The van der Waals surface area contributed by atoms with Gasteiger partial charge in [-0.25, -0.2) is 0 Å². The van der Waals surface area contributed by atoms with Crippen molar-refractivity contribution in [2.45, 2.75) is 57.2 Å². The van der Waals surface area contributed by atoms with Gasteiger partial charge in [0.15, 0.2) is 0 Å². The number of hydrogen-bond acceptors (Lipinski definition) is 2. The Balaban J connectivity index is 1.37. The summed E-state index contributed by atoms with van der Waals surface area (Å²) in [6, 6.07) is 0.713.